The Balaban J connectivity index is 1.85. The summed E-state index contributed by atoms with van der Waals surface area (Å²) in [5.74, 6) is -4.52. The molecule has 0 bridgehead atoms. The first-order valence-corrected chi connectivity index (χ1v) is 12.6. The molecule has 0 unspecified atom stereocenters. The molecule has 212 valence electrons. The third kappa shape index (κ3) is 5.74. The molecule has 0 amide bonds. The highest BCUT2D eigenvalue weighted by Gasteiger charge is 2.43. The lowest BCUT2D eigenvalue weighted by atomic mass is 9.98. The Morgan fingerprint density at radius 1 is 0.950 bits per heavy atom. The first-order chi connectivity index (χ1) is 18.5. The average Bonchev–Trinajstić information content (AvgIpc) is 3.27. The fourth-order valence-electron chi connectivity index (χ4n) is 3.90. The van der Waals surface area contributed by atoms with E-state index in [0.717, 1.165) is 42.6 Å². The van der Waals surface area contributed by atoms with Gasteiger partial charge in [0.2, 0.25) is 9.84 Å². The first kappa shape index (κ1) is 28.9. The number of nitrogens with one attached hydrogen (secondary N) is 1. The third-order valence-corrected chi connectivity index (χ3v) is 7.59. The van der Waals surface area contributed by atoms with Gasteiger partial charge in [-0.2, -0.15) is 26.3 Å². The summed E-state index contributed by atoms with van der Waals surface area (Å²) in [5.41, 5.74) is 1.14. The molecular weight excluding hydrogens is 573 g/mol. The molecule has 0 aliphatic rings. The smallest absolute Gasteiger partial charge is 0.420 e. The zero-order valence-corrected chi connectivity index (χ0v) is 20.6. The quantitative estimate of drug-likeness (QED) is 0.181. The Labute approximate surface area is 220 Å². The van der Waals surface area contributed by atoms with Crippen LogP contribution in [0.2, 0.25) is 0 Å². The van der Waals surface area contributed by atoms with Gasteiger partial charge in [0.1, 0.15) is 17.6 Å². The van der Waals surface area contributed by atoms with Crippen molar-refractivity contribution in [2.45, 2.75) is 34.6 Å². The molecule has 4 aromatic rings. The van der Waals surface area contributed by atoms with Gasteiger partial charge in [0.25, 0.3) is 0 Å². The van der Waals surface area contributed by atoms with Crippen molar-refractivity contribution in [3.8, 4) is 11.5 Å². The fraction of sp³-hybridized carbons (Fsp3) is 0.160. The average molecular weight is 590 g/mol. The topological polar surface area (TPSA) is 122 Å². The summed E-state index contributed by atoms with van der Waals surface area (Å²) in [6, 6.07) is 5.81. The number of fused-ring (bicyclic) bond motifs is 1. The Morgan fingerprint density at radius 3 is 2.05 bits per heavy atom. The largest absolute Gasteiger partial charge is 0.480 e. The van der Waals surface area contributed by atoms with E-state index in [-0.39, 0.29) is 20.7 Å². The number of benzene rings is 3. The Kier molecular flexibility index (Phi) is 7.32. The van der Waals surface area contributed by atoms with Crippen LogP contribution in [0.15, 0.2) is 70.6 Å². The highest BCUT2D eigenvalue weighted by molar-refractivity contribution is 7.91. The molecule has 0 aliphatic heterocycles. The van der Waals surface area contributed by atoms with Crippen molar-refractivity contribution in [3.63, 3.8) is 0 Å². The third-order valence-electron chi connectivity index (χ3n) is 5.78. The van der Waals surface area contributed by atoms with E-state index in [1.807, 2.05) is 0 Å². The lowest BCUT2D eigenvalue weighted by molar-refractivity contribution is -0.145. The van der Waals surface area contributed by atoms with Crippen molar-refractivity contribution in [2.75, 3.05) is 0 Å². The molecule has 7 nitrogen and oxygen atoms in total. The van der Waals surface area contributed by atoms with Gasteiger partial charge in [-0.05, 0) is 66.6 Å². The second-order valence-corrected chi connectivity index (χ2v) is 10.5. The first-order valence-electron chi connectivity index (χ1n) is 11.1. The maximum Gasteiger partial charge on any atom is 0.420 e. The van der Waals surface area contributed by atoms with Crippen molar-refractivity contribution in [3.05, 3.63) is 83.3 Å². The standard InChI is InChI=1S/C25H17F7N2O5S/c26-13-1-4-15(5-2-13)40(37,38)21-11-34-20-6-3-14(10-16(20)21)39-22-17(24(27,28)29)7-12(9-19(33)23(35)36)8-18(22)25(30,31)32/h1-8,10-11,19,34H,9,33H2,(H,35,36)/t19-/m0/s1. The number of H-pyrrole nitrogens is 1. The summed E-state index contributed by atoms with van der Waals surface area (Å²) in [7, 11) is -4.29. The number of halogens is 7. The molecule has 0 fully saturated rings. The van der Waals surface area contributed by atoms with E-state index in [0.29, 0.717) is 12.1 Å². The lowest BCUT2D eigenvalue weighted by Crippen LogP contribution is -2.32. The number of carboxylic acids is 1. The Bertz CT molecular complexity index is 1660. The number of ether oxygens (including phenoxy) is 1. The molecule has 15 heteroatoms. The molecule has 1 aromatic heterocycles. The van der Waals surface area contributed by atoms with Crippen molar-refractivity contribution in [1.29, 1.82) is 0 Å². The summed E-state index contributed by atoms with van der Waals surface area (Å²) in [5, 5.41) is 8.81. The number of sulfone groups is 1. The van der Waals surface area contributed by atoms with Crippen LogP contribution in [-0.2, 0) is 33.4 Å². The van der Waals surface area contributed by atoms with Crippen LogP contribution in [0.3, 0.4) is 0 Å². The van der Waals surface area contributed by atoms with E-state index < -0.39 is 74.6 Å². The van der Waals surface area contributed by atoms with Crippen LogP contribution >= 0.6 is 0 Å². The number of carbonyl (C=O) groups is 1. The van der Waals surface area contributed by atoms with E-state index in [4.69, 9.17) is 15.6 Å². The van der Waals surface area contributed by atoms with Gasteiger partial charge in [0.15, 0.2) is 5.75 Å². The molecule has 0 saturated carbocycles. The lowest BCUT2D eigenvalue weighted by Gasteiger charge is -2.21. The second kappa shape index (κ2) is 10.1. The highest BCUT2D eigenvalue weighted by atomic mass is 32.2. The Hall–Kier alpha value is -4.11. The van der Waals surface area contributed by atoms with Gasteiger partial charge in [0, 0.05) is 17.1 Å². The minimum Gasteiger partial charge on any atom is -0.480 e. The number of hydrogen-bond donors (Lipinski definition) is 3. The van der Waals surface area contributed by atoms with Gasteiger partial charge in [0.05, 0.1) is 20.9 Å². The molecule has 0 spiro atoms. The number of aromatic nitrogens is 1. The van der Waals surface area contributed by atoms with Crippen molar-refractivity contribution in [1.82, 2.24) is 4.98 Å². The number of hydrogen-bond acceptors (Lipinski definition) is 5. The predicted molar refractivity (Wildman–Crippen MR) is 126 cm³/mol. The SMILES string of the molecule is N[C@@H](Cc1cc(C(F)(F)F)c(Oc2ccc3[nH]cc(S(=O)(=O)c4ccc(F)cc4)c3c2)c(C(F)(F)F)c1)C(=O)O. The number of aliphatic carboxylic acids is 1. The van der Waals surface area contributed by atoms with Crippen LogP contribution in [-0.4, -0.2) is 30.5 Å². The van der Waals surface area contributed by atoms with Crippen molar-refractivity contribution >= 4 is 26.7 Å². The van der Waals surface area contributed by atoms with Crippen LogP contribution in [0.4, 0.5) is 30.7 Å². The summed E-state index contributed by atoms with van der Waals surface area (Å²) in [6.07, 6.45) is -10.5. The normalized spacial score (nSPS) is 13.4. The fourth-order valence-corrected chi connectivity index (χ4v) is 5.32. The van der Waals surface area contributed by atoms with E-state index in [1.165, 1.54) is 6.07 Å². The maximum absolute atomic E-state index is 13.9. The Morgan fingerprint density at radius 2 is 1.52 bits per heavy atom. The molecule has 0 radical (unpaired) electrons. The van der Waals surface area contributed by atoms with E-state index in [2.05, 4.69) is 4.98 Å². The zero-order valence-electron chi connectivity index (χ0n) is 19.8. The van der Waals surface area contributed by atoms with Crippen LogP contribution in [0.5, 0.6) is 11.5 Å². The summed E-state index contributed by atoms with van der Waals surface area (Å²) in [6.45, 7) is 0. The minimum absolute atomic E-state index is 0.118. The minimum atomic E-state index is -5.37. The molecule has 0 saturated heterocycles. The molecule has 4 N–H and O–H groups in total. The van der Waals surface area contributed by atoms with Gasteiger partial charge < -0.3 is 20.6 Å². The van der Waals surface area contributed by atoms with Crippen molar-refractivity contribution < 1.29 is 53.8 Å². The number of carboxylic acid groups (broad SMARTS) is 1. The van der Waals surface area contributed by atoms with Gasteiger partial charge in [-0.15, -0.1) is 0 Å². The number of nitrogens with two attached hydrogens (primary N) is 1. The van der Waals surface area contributed by atoms with Gasteiger partial charge in [-0.3, -0.25) is 4.79 Å². The van der Waals surface area contributed by atoms with Crippen LogP contribution < -0.4 is 10.5 Å². The van der Waals surface area contributed by atoms with Crippen LogP contribution in [0.25, 0.3) is 10.9 Å². The number of aromatic amines is 1. The van der Waals surface area contributed by atoms with Gasteiger partial charge in [-0.25, -0.2) is 12.8 Å². The van der Waals surface area contributed by atoms with E-state index in [9.17, 15) is 43.9 Å². The predicted octanol–water partition coefficient (Wildman–Crippen LogP) is 5.92. The highest BCUT2D eigenvalue weighted by Crippen LogP contribution is 2.47. The molecule has 1 atom stereocenters. The maximum atomic E-state index is 13.9. The summed E-state index contributed by atoms with van der Waals surface area (Å²) >= 11 is 0. The molecule has 3 aromatic carbocycles. The number of rotatable bonds is 7. The van der Waals surface area contributed by atoms with E-state index in [1.54, 1.807) is 0 Å². The summed E-state index contributed by atoms with van der Waals surface area (Å²) in [4.78, 5) is 13.0. The van der Waals surface area contributed by atoms with Gasteiger partial charge >= 0.3 is 18.3 Å². The number of alkyl halides is 6. The monoisotopic (exact) mass is 590 g/mol. The van der Waals surface area contributed by atoms with Crippen LogP contribution in [0.1, 0.15) is 16.7 Å². The summed E-state index contributed by atoms with van der Waals surface area (Å²) < 4.78 is 128. The molecule has 1 heterocycles. The molecule has 40 heavy (non-hydrogen) atoms. The van der Waals surface area contributed by atoms with Crippen molar-refractivity contribution in [2.24, 2.45) is 5.73 Å². The van der Waals surface area contributed by atoms with E-state index >= 15 is 0 Å². The molecule has 4 rings (SSSR count). The van der Waals surface area contributed by atoms with Gasteiger partial charge in [-0.1, -0.05) is 0 Å². The molecule has 0 aliphatic carbocycles. The molecular formula is C25H17F7N2O5S. The second-order valence-electron chi connectivity index (χ2n) is 8.58. The zero-order chi connectivity index (χ0) is 29.6. The van der Waals surface area contributed by atoms with Crippen LogP contribution in [0, 0.1) is 5.82 Å².